The van der Waals surface area contributed by atoms with Crippen molar-refractivity contribution in [3.05, 3.63) is 74.3 Å². The molecule has 0 spiro atoms. The van der Waals surface area contributed by atoms with E-state index in [-0.39, 0.29) is 5.56 Å². The number of rotatable bonds is 3. The Morgan fingerprint density at radius 1 is 1.04 bits per heavy atom. The van der Waals surface area contributed by atoms with Gasteiger partial charge in [-0.15, -0.1) is 11.3 Å². The third kappa shape index (κ3) is 2.94. The molecular formula is C20H15BrN2OS. The standard InChI is InChI=1S/C20H15BrN2OS/c1-2-15-16(12-8-10-14(21)11-9-12)17-19(24)22-18(23-20(17)25-15)13-6-4-3-5-7-13/h3-11H,2H2,1H3,(H,22,23,24). The molecule has 5 heteroatoms. The fourth-order valence-electron chi connectivity index (χ4n) is 2.96. The van der Waals surface area contributed by atoms with Crippen molar-refractivity contribution in [2.75, 3.05) is 0 Å². The van der Waals surface area contributed by atoms with E-state index in [1.165, 1.54) is 4.88 Å². The Hall–Kier alpha value is -2.24. The van der Waals surface area contributed by atoms with Crippen molar-refractivity contribution in [3.8, 4) is 22.5 Å². The Morgan fingerprint density at radius 2 is 1.76 bits per heavy atom. The van der Waals surface area contributed by atoms with Crippen LogP contribution >= 0.6 is 27.3 Å². The number of hydrogen-bond donors (Lipinski definition) is 1. The van der Waals surface area contributed by atoms with E-state index in [4.69, 9.17) is 4.98 Å². The number of benzene rings is 2. The number of aromatic amines is 1. The molecule has 1 N–H and O–H groups in total. The van der Waals surface area contributed by atoms with Gasteiger partial charge in [0.2, 0.25) is 0 Å². The molecule has 4 aromatic rings. The summed E-state index contributed by atoms with van der Waals surface area (Å²) in [6, 6.07) is 17.8. The van der Waals surface area contributed by atoms with Gasteiger partial charge in [0.15, 0.2) is 0 Å². The van der Waals surface area contributed by atoms with E-state index in [2.05, 4.69) is 27.8 Å². The van der Waals surface area contributed by atoms with Crippen molar-refractivity contribution in [1.29, 1.82) is 0 Å². The number of halogens is 1. The minimum Gasteiger partial charge on any atom is -0.306 e. The molecule has 0 unspecified atom stereocenters. The molecule has 25 heavy (non-hydrogen) atoms. The molecule has 4 rings (SSSR count). The summed E-state index contributed by atoms with van der Waals surface area (Å²) in [4.78, 5) is 22.5. The maximum absolute atomic E-state index is 12.9. The molecule has 0 radical (unpaired) electrons. The van der Waals surface area contributed by atoms with Gasteiger partial charge in [-0.1, -0.05) is 65.3 Å². The van der Waals surface area contributed by atoms with E-state index in [9.17, 15) is 4.79 Å². The maximum Gasteiger partial charge on any atom is 0.260 e. The van der Waals surface area contributed by atoms with Crippen LogP contribution in [0.1, 0.15) is 11.8 Å². The first-order valence-corrected chi connectivity index (χ1v) is 9.65. The molecule has 0 saturated heterocycles. The lowest BCUT2D eigenvalue weighted by Crippen LogP contribution is -2.09. The lowest BCUT2D eigenvalue weighted by Gasteiger charge is -2.04. The van der Waals surface area contributed by atoms with Gasteiger partial charge in [-0.05, 0) is 24.1 Å². The monoisotopic (exact) mass is 410 g/mol. The lowest BCUT2D eigenvalue weighted by atomic mass is 10.0. The Labute approximate surface area is 157 Å². The van der Waals surface area contributed by atoms with Crippen LogP contribution in [-0.2, 0) is 6.42 Å². The second-order valence-corrected chi connectivity index (χ2v) is 7.72. The van der Waals surface area contributed by atoms with Crippen LogP contribution in [0.5, 0.6) is 0 Å². The fraction of sp³-hybridized carbons (Fsp3) is 0.100. The Balaban J connectivity index is 1.98. The highest BCUT2D eigenvalue weighted by atomic mass is 79.9. The minimum atomic E-state index is -0.0854. The fourth-order valence-corrected chi connectivity index (χ4v) is 4.36. The number of aryl methyl sites for hydroxylation is 1. The maximum atomic E-state index is 12.9. The molecule has 3 nitrogen and oxygen atoms in total. The minimum absolute atomic E-state index is 0.0854. The van der Waals surface area contributed by atoms with E-state index in [0.29, 0.717) is 11.2 Å². The quantitative estimate of drug-likeness (QED) is 0.474. The predicted octanol–water partition coefficient (Wildman–Crippen LogP) is 5.64. The van der Waals surface area contributed by atoms with E-state index < -0.39 is 0 Å². The first kappa shape index (κ1) is 16.2. The average Bonchev–Trinajstić information content (AvgIpc) is 3.02. The van der Waals surface area contributed by atoms with Crippen LogP contribution in [0.4, 0.5) is 0 Å². The van der Waals surface area contributed by atoms with Crippen LogP contribution < -0.4 is 5.56 Å². The van der Waals surface area contributed by atoms with E-state index in [1.807, 2.05) is 54.6 Å². The van der Waals surface area contributed by atoms with E-state index in [0.717, 1.165) is 32.4 Å². The van der Waals surface area contributed by atoms with Gasteiger partial charge in [0, 0.05) is 20.5 Å². The Morgan fingerprint density at radius 3 is 2.44 bits per heavy atom. The number of fused-ring (bicyclic) bond motifs is 1. The molecule has 2 heterocycles. The van der Waals surface area contributed by atoms with E-state index in [1.54, 1.807) is 11.3 Å². The number of nitrogens with one attached hydrogen (secondary N) is 1. The zero-order chi connectivity index (χ0) is 17.4. The summed E-state index contributed by atoms with van der Waals surface area (Å²) in [7, 11) is 0. The van der Waals surface area contributed by atoms with Gasteiger partial charge in [-0.3, -0.25) is 4.79 Å². The van der Waals surface area contributed by atoms with Crippen molar-refractivity contribution in [3.63, 3.8) is 0 Å². The van der Waals surface area contributed by atoms with Crippen LogP contribution in [-0.4, -0.2) is 9.97 Å². The highest BCUT2D eigenvalue weighted by Crippen LogP contribution is 2.37. The van der Waals surface area contributed by atoms with Crippen LogP contribution in [0.2, 0.25) is 0 Å². The third-order valence-electron chi connectivity index (χ3n) is 4.14. The molecule has 0 bridgehead atoms. The topological polar surface area (TPSA) is 45.8 Å². The number of H-pyrrole nitrogens is 1. The summed E-state index contributed by atoms with van der Waals surface area (Å²) in [5, 5.41) is 0.684. The molecule has 2 aromatic carbocycles. The van der Waals surface area contributed by atoms with Crippen LogP contribution in [0.3, 0.4) is 0 Å². The molecule has 0 fully saturated rings. The second kappa shape index (κ2) is 6.58. The molecule has 124 valence electrons. The SMILES string of the molecule is CCc1sc2nc(-c3ccccc3)[nH]c(=O)c2c1-c1ccc(Br)cc1. The highest BCUT2D eigenvalue weighted by molar-refractivity contribution is 9.10. The zero-order valence-electron chi connectivity index (χ0n) is 13.5. The van der Waals surface area contributed by atoms with Gasteiger partial charge in [-0.2, -0.15) is 0 Å². The average molecular weight is 411 g/mol. The van der Waals surface area contributed by atoms with Crippen LogP contribution in [0, 0.1) is 0 Å². The van der Waals surface area contributed by atoms with Crippen molar-refractivity contribution in [2.45, 2.75) is 13.3 Å². The molecule has 0 aliphatic carbocycles. The molecule has 0 atom stereocenters. The summed E-state index contributed by atoms with van der Waals surface area (Å²) in [6.07, 6.45) is 0.868. The van der Waals surface area contributed by atoms with Gasteiger partial charge in [0.1, 0.15) is 10.7 Å². The summed E-state index contributed by atoms with van der Waals surface area (Å²) in [6.45, 7) is 2.11. The summed E-state index contributed by atoms with van der Waals surface area (Å²) in [5.74, 6) is 0.615. The van der Waals surface area contributed by atoms with Crippen molar-refractivity contribution >= 4 is 37.5 Å². The second-order valence-electron chi connectivity index (χ2n) is 5.72. The molecule has 0 aliphatic heterocycles. The molecule has 2 aromatic heterocycles. The summed E-state index contributed by atoms with van der Waals surface area (Å²) in [5.41, 5.74) is 2.88. The number of nitrogens with zero attached hydrogens (tertiary/aromatic N) is 1. The molecule has 0 saturated carbocycles. The first-order valence-electron chi connectivity index (χ1n) is 8.04. The smallest absolute Gasteiger partial charge is 0.260 e. The molecular weight excluding hydrogens is 396 g/mol. The highest BCUT2D eigenvalue weighted by Gasteiger charge is 2.18. The Bertz CT molecular complexity index is 1100. The zero-order valence-corrected chi connectivity index (χ0v) is 15.9. The predicted molar refractivity (Wildman–Crippen MR) is 108 cm³/mol. The number of aromatic nitrogens is 2. The normalized spacial score (nSPS) is 11.1. The number of hydrogen-bond acceptors (Lipinski definition) is 3. The van der Waals surface area contributed by atoms with Crippen LogP contribution in [0.25, 0.3) is 32.7 Å². The van der Waals surface area contributed by atoms with Gasteiger partial charge in [-0.25, -0.2) is 4.98 Å². The number of thiophene rings is 1. The largest absolute Gasteiger partial charge is 0.306 e. The molecule has 0 aliphatic rings. The first-order chi connectivity index (χ1) is 12.2. The van der Waals surface area contributed by atoms with Crippen molar-refractivity contribution in [2.24, 2.45) is 0 Å². The Kier molecular flexibility index (Phi) is 4.27. The third-order valence-corrected chi connectivity index (χ3v) is 5.89. The van der Waals surface area contributed by atoms with E-state index >= 15 is 0 Å². The molecule has 0 amide bonds. The summed E-state index contributed by atoms with van der Waals surface area (Å²) >= 11 is 5.07. The van der Waals surface area contributed by atoms with Crippen molar-refractivity contribution in [1.82, 2.24) is 9.97 Å². The van der Waals surface area contributed by atoms with Gasteiger partial charge >= 0.3 is 0 Å². The summed E-state index contributed by atoms with van der Waals surface area (Å²) < 4.78 is 1.02. The lowest BCUT2D eigenvalue weighted by molar-refractivity contribution is 1.18. The van der Waals surface area contributed by atoms with Crippen molar-refractivity contribution < 1.29 is 0 Å². The van der Waals surface area contributed by atoms with Gasteiger partial charge in [0.25, 0.3) is 5.56 Å². The van der Waals surface area contributed by atoms with Gasteiger partial charge < -0.3 is 4.98 Å². The van der Waals surface area contributed by atoms with Crippen LogP contribution in [0.15, 0.2) is 63.9 Å². The van der Waals surface area contributed by atoms with Gasteiger partial charge in [0.05, 0.1) is 5.39 Å².